The zero-order valence-corrected chi connectivity index (χ0v) is 13.5. The molecule has 0 saturated carbocycles. The first-order valence-electron chi connectivity index (χ1n) is 6.32. The van der Waals surface area contributed by atoms with Gasteiger partial charge in [-0.3, -0.25) is 0 Å². The van der Waals surface area contributed by atoms with Crippen LogP contribution in [0.3, 0.4) is 0 Å². The highest BCUT2D eigenvalue weighted by molar-refractivity contribution is 7.99. The van der Waals surface area contributed by atoms with Crippen LogP contribution in [0.15, 0.2) is 52.3 Å². The van der Waals surface area contributed by atoms with Gasteiger partial charge in [-0.1, -0.05) is 42.8 Å². The smallest absolute Gasteiger partial charge is 0.0548 e. The molecule has 0 heterocycles. The molecule has 0 aromatic heterocycles. The third kappa shape index (κ3) is 3.71. The van der Waals surface area contributed by atoms with Crippen molar-refractivity contribution in [1.29, 1.82) is 0 Å². The molecule has 0 spiro atoms. The maximum atomic E-state index is 6.38. The lowest BCUT2D eigenvalue weighted by molar-refractivity contribution is 1.10. The summed E-state index contributed by atoms with van der Waals surface area (Å²) in [6.07, 6.45) is 3.27. The summed E-state index contributed by atoms with van der Waals surface area (Å²) in [5.41, 5.74) is 2.44. The SMILES string of the molecule is CCCSc1ccc(-c2ccccc2SC)cc1Cl. The van der Waals surface area contributed by atoms with Gasteiger partial charge in [0, 0.05) is 9.79 Å². The van der Waals surface area contributed by atoms with E-state index in [1.54, 1.807) is 11.8 Å². The fourth-order valence-electron chi connectivity index (χ4n) is 1.88. The first-order valence-corrected chi connectivity index (χ1v) is 8.90. The summed E-state index contributed by atoms with van der Waals surface area (Å²) in [4.78, 5) is 2.46. The molecule has 2 aromatic rings. The van der Waals surface area contributed by atoms with E-state index < -0.39 is 0 Å². The monoisotopic (exact) mass is 308 g/mol. The standard InChI is InChI=1S/C16H17ClS2/c1-3-10-19-16-9-8-12(11-14(16)17)13-6-4-5-7-15(13)18-2/h4-9,11H,3,10H2,1-2H3. The Kier molecular flexibility index (Phi) is 5.68. The number of rotatable bonds is 5. The Morgan fingerprint density at radius 1 is 1.05 bits per heavy atom. The summed E-state index contributed by atoms with van der Waals surface area (Å²) in [5, 5.41) is 0.854. The normalized spacial score (nSPS) is 10.7. The Morgan fingerprint density at radius 3 is 2.53 bits per heavy atom. The largest absolute Gasteiger partial charge is 0.129 e. The molecule has 0 saturated heterocycles. The molecule has 19 heavy (non-hydrogen) atoms. The molecule has 0 unspecified atom stereocenters. The van der Waals surface area contributed by atoms with Crippen molar-refractivity contribution in [2.75, 3.05) is 12.0 Å². The summed E-state index contributed by atoms with van der Waals surface area (Å²) in [7, 11) is 0. The van der Waals surface area contributed by atoms with E-state index in [2.05, 4.69) is 55.6 Å². The Bertz CT molecular complexity index is 552. The Hall–Kier alpha value is -0.570. The Labute approximate surface area is 128 Å². The van der Waals surface area contributed by atoms with E-state index >= 15 is 0 Å². The van der Waals surface area contributed by atoms with Gasteiger partial charge < -0.3 is 0 Å². The van der Waals surface area contributed by atoms with Crippen LogP contribution in [0.2, 0.25) is 5.02 Å². The predicted octanol–water partition coefficient (Wildman–Crippen LogP) is 6.23. The van der Waals surface area contributed by atoms with Crippen molar-refractivity contribution in [3.8, 4) is 11.1 Å². The summed E-state index contributed by atoms with van der Waals surface area (Å²) in [6.45, 7) is 2.18. The zero-order chi connectivity index (χ0) is 13.7. The molecule has 0 aliphatic heterocycles. The minimum absolute atomic E-state index is 0.854. The van der Waals surface area contributed by atoms with E-state index in [4.69, 9.17) is 11.6 Å². The summed E-state index contributed by atoms with van der Waals surface area (Å²) in [5.74, 6) is 1.11. The number of thioether (sulfide) groups is 2. The number of benzene rings is 2. The van der Waals surface area contributed by atoms with Crippen LogP contribution in [-0.2, 0) is 0 Å². The van der Waals surface area contributed by atoms with Crippen molar-refractivity contribution < 1.29 is 0 Å². The molecule has 2 rings (SSSR count). The van der Waals surface area contributed by atoms with E-state index in [0.717, 1.165) is 17.2 Å². The van der Waals surface area contributed by atoms with Crippen LogP contribution in [0.1, 0.15) is 13.3 Å². The third-order valence-corrected chi connectivity index (χ3v) is 5.31. The van der Waals surface area contributed by atoms with Crippen LogP contribution in [0.4, 0.5) is 0 Å². The van der Waals surface area contributed by atoms with Gasteiger partial charge in [-0.15, -0.1) is 23.5 Å². The molecule has 0 atom stereocenters. The Morgan fingerprint density at radius 2 is 1.84 bits per heavy atom. The first-order chi connectivity index (χ1) is 9.26. The number of halogens is 1. The predicted molar refractivity (Wildman–Crippen MR) is 89.7 cm³/mol. The highest BCUT2D eigenvalue weighted by Gasteiger charge is 2.07. The fourth-order valence-corrected chi connectivity index (χ4v) is 3.63. The molecule has 0 aliphatic rings. The first kappa shape index (κ1) is 14.8. The van der Waals surface area contributed by atoms with Gasteiger partial charge in [-0.2, -0.15) is 0 Å². The molecule has 0 bridgehead atoms. The van der Waals surface area contributed by atoms with Crippen molar-refractivity contribution in [3.63, 3.8) is 0 Å². The lowest BCUT2D eigenvalue weighted by Crippen LogP contribution is -1.84. The maximum absolute atomic E-state index is 6.38. The van der Waals surface area contributed by atoms with E-state index in [1.807, 2.05) is 11.8 Å². The molecule has 0 fully saturated rings. The lowest BCUT2D eigenvalue weighted by Gasteiger charge is -2.10. The molecule has 100 valence electrons. The summed E-state index contributed by atoms with van der Waals surface area (Å²) >= 11 is 9.97. The molecule has 0 amide bonds. The van der Waals surface area contributed by atoms with E-state index in [9.17, 15) is 0 Å². The van der Waals surface area contributed by atoms with Crippen LogP contribution in [0.5, 0.6) is 0 Å². The average Bonchev–Trinajstić information content (AvgIpc) is 2.46. The van der Waals surface area contributed by atoms with Gasteiger partial charge in [0.25, 0.3) is 0 Å². The second-order valence-corrected chi connectivity index (χ2v) is 6.59. The molecule has 3 heteroatoms. The van der Waals surface area contributed by atoms with Crippen molar-refractivity contribution >= 4 is 35.1 Å². The fraction of sp³-hybridized carbons (Fsp3) is 0.250. The zero-order valence-electron chi connectivity index (χ0n) is 11.2. The van der Waals surface area contributed by atoms with E-state index in [0.29, 0.717) is 0 Å². The lowest BCUT2D eigenvalue weighted by atomic mass is 10.1. The van der Waals surface area contributed by atoms with Gasteiger partial charge in [0.15, 0.2) is 0 Å². The van der Waals surface area contributed by atoms with Crippen LogP contribution in [0, 0.1) is 0 Å². The van der Waals surface area contributed by atoms with Crippen LogP contribution < -0.4 is 0 Å². The van der Waals surface area contributed by atoms with Crippen LogP contribution in [0.25, 0.3) is 11.1 Å². The van der Waals surface area contributed by atoms with Crippen molar-refractivity contribution in [1.82, 2.24) is 0 Å². The molecule has 0 nitrogen and oxygen atoms in total. The van der Waals surface area contributed by atoms with Crippen molar-refractivity contribution in [3.05, 3.63) is 47.5 Å². The number of hydrogen-bond donors (Lipinski definition) is 0. The molecule has 0 N–H and O–H groups in total. The maximum Gasteiger partial charge on any atom is 0.0548 e. The van der Waals surface area contributed by atoms with Crippen LogP contribution >= 0.6 is 35.1 Å². The van der Waals surface area contributed by atoms with Crippen molar-refractivity contribution in [2.24, 2.45) is 0 Å². The van der Waals surface area contributed by atoms with Gasteiger partial charge in [-0.05, 0) is 47.8 Å². The molecular formula is C16H17ClS2. The van der Waals surface area contributed by atoms with Gasteiger partial charge in [0.1, 0.15) is 0 Å². The minimum atomic E-state index is 0.854. The van der Waals surface area contributed by atoms with Crippen molar-refractivity contribution in [2.45, 2.75) is 23.1 Å². The summed E-state index contributed by atoms with van der Waals surface area (Å²) < 4.78 is 0. The second-order valence-electron chi connectivity index (χ2n) is 4.19. The van der Waals surface area contributed by atoms with E-state index in [1.165, 1.54) is 20.9 Å². The molecular weight excluding hydrogens is 292 g/mol. The highest BCUT2D eigenvalue weighted by atomic mass is 35.5. The molecule has 2 aromatic carbocycles. The third-order valence-electron chi connectivity index (χ3n) is 2.81. The van der Waals surface area contributed by atoms with Gasteiger partial charge in [0.2, 0.25) is 0 Å². The van der Waals surface area contributed by atoms with Gasteiger partial charge in [0.05, 0.1) is 5.02 Å². The minimum Gasteiger partial charge on any atom is -0.129 e. The molecule has 0 aliphatic carbocycles. The topological polar surface area (TPSA) is 0 Å². The summed E-state index contributed by atoms with van der Waals surface area (Å²) in [6, 6.07) is 14.8. The molecule has 0 radical (unpaired) electrons. The Balaban J connectivity index is 2.33. The number of hydrogen-bond acceptors (Lipinski definition) is 2. The second kappa shape index (κ2) is 7.28. The van der Waals surface area contributed by atoms with Crippen LogP contribution in [-0.4, -0.2) is 12.0 Å². The van der Waals surface area contributed by atoms with Gasteiger partial charge in [-0.25, -0.2) is 0 Å². The highest BCUT2D eigenvalue weighted by Crippen LogP contribution is 2.35. The quantitative estimate of drug-likeness (QED) is 0.600. The van der Waals surface area contributed by atoms with E-state index in [-0.39, 0.29) is 0 Å². The average molecular weight is 309 g/mol. The van der Waals surface area contributed by atoms with Gasteiger partial charge >= 0.3 is 0 Å².